The number of anilines is 2. The average Bonchev–Trinajstić information content (AvgIpc) is 2.39. The van der Waals surface area contributed by atoms with Crippen LogP contribution in [0.2, 0.25) is 0 Å². The maximum Gasteiger partial charge on any atom is 0.222 e. The van der Waals surface area contributed by atoms with Gasteiger partial charge in [0.25, 0.3) is 0 Å². The van der Waals surface area contributed by atoms with Crippen LogP contribution >= 0.6 is 0 Å². The second-order valence-electron chi connectivity index (χ2n) is 4.64. The van der Waals surface area contributed by atoms with Crippen LogP contribution in [-0.2, 0) is 0 Å². The fraction of sp³-hybridized carbons (Fsp3) is 0.308. The number of aliphatic hydroxyl groups excluding tert-OH is 1. The van der Waals surface area contributed by atoms with Crippen molar-refractivity contribution in [2.24, 2.45) is 0 Å². The van der Waals surface area contributed by atoms with Gasteiger partial charge in [-0.3, -0.25) is 4.98 Å². The minimum Gasteiger partial charge on any atom is -0.394 e. The van der Waals surface area contributed by atoms with Crippen molar-refractivity contribution in [2.45, 2.75) is 18.9 Å². The van der Waals surface area contributed by atoms with Crippen molar-refractivity contribution in [1.82, 2.24) is 15.0 Å². The second kappa shape index (κ2) is 5.19. The zero-order valence-electron chi connectivity index (χ0n) is 10.8. The van der Waals surface area contributed by atoms with E-state index in [-0.39, 0.29) is 12.6 Å². The molecule has 0 aromatic carbocycles. The first kappa shape index (κ1) is 13.2. The number of hydrogen-bond donors (Lipinski definition) is 3. The maximum absolute atomic E-state index is 9.51. The van der Waals surface area contributed by atoms with Crippen molar-refractivity contribution in [3.8, 4) is 0 Å². The molecular weight excluding hydrogens is 242 g/mol. The van der Waals surface area contributed by atoms with E-state index < -0.39 is 5.54 Å². The number of nitrogens with two attached hydrogens (primary N) is 1. The summed E-state index contributed by atoms with van der Waals surface area (Å²) in [6.45, 7) is 5.51. The van der Waals surface area contributed by atoms with Crippen molar-refractivity contribution < 1.29 is 5.11 Å². The monoisotopic (exact) mass is 259 g/mol. The molecule has 19 heavy (non-hydrogen) atoms. The summed E-state index contributed by atoms with van der Waals surface area (Å²) >= 11 is 0. The third kappa shape index (κ3) is 2.79. The predicted octanol–water partition coefficient (Wildman–Crippen LogP) is 1.35. The molecule has 0 aliphatic carbocycles. The highest BCUT2D eigenvalue weighted by atomic mass is 16.3. The summed E-state index contributed by atoms with van der Waals surface area (Å²) in [5, 5.41) is 12.7. The summed E-state index contributed by atoms with van der Waals surface area (Å²) < 4.78 is 0. The number of nitrogens with zero attached hydrogens (tertiary/aromatic N) is 3. The van der Waals surface area contributed by atoms with Crippen LogP contribution in [0.5, 0.6) is 0 Å². The van der Waals surface area contributed by atoms with E-state index in [0.29, 0.717) is 23.3 Å². The summed E-state index contributed by atoms with van der Waals surface area (Å²) in [4.78, 5) is 12.5. The Balaban J connectivity index is 2.47. The Hall–Kier alpha value is -2.21. The quantitative estimate of drug-likeness (QED) is 0.701. The van der Waals surface area contributed by atoms with E-state index in [1.165, 1.54) is 0 Å². The van der Waals surface area contributed by atoms with Gasteiger partial charge in [0, 0.05) is 6.20 Å². The predicted molar refractivity (Wildman–Crippen MR) is 75.7 cm³/mol. The summed E-state index contributed by atoms with van der Waals surface area (Å²) in [5.41, 5.74) is 6.41. The molecule has 0 aliphatic heterocycles. The molecule has 100 valence electrons. The Labute approximate surface area is 111 Å². The molecule has 1 atom stereocenters. The van der Waals surface area contributed by atoms with Gasteiger partial charge in [-0.25, -0.2) is 4.98 Å². The van der Waals surface area contributed by atoms with E-state index >= 15 is 0 Å². The third-order valence-corrected chi connectivity index (χ3v) is 2.84. The van der Waals surface area contributed by atoms with Crippen LogP contribution in [0.1, 0.15) is 13.3 Å². The summed E-state index contributed by atoms with van der Waals surface area (Å²) in [6, 6.07) is 3.60. The molecule has 0 spiro atoms. The fourth-order valence-corrected chi connectivity index (χ4v) is 1.83. The first-order valence-electron chi connectivity index (χ1n) is 5.96. The number of aliphatic hydroxyl groups is 1. The van der Waals surface area contributed by atoms with Crippen molar-refractivity contribution in [3.05, 3.63) is 31.0 Å². The van der Waals surface area contributed by atoms with Gasteiger partial charge in [-0.2, -0.15) is 4.98 Å². The zero-order chi connectivity index (χ0) is 13.9. The molecule has 6 nitrogen and oxygen atoms in total. The molecular formula is C13H17N5O. The van der Waals surface area contributed by atoms with Crippen molar-refractivity contribution in [1.29, 1.82) is 0 Å². The van der Waals surface area contributed by atoms with Crippen LogP contribution < -0.4 is 11.1 Å². The standard InChI is InChI=1S/C13H17N5O/c1-3-6-13(2,8-19)18-11-10-9(5-4-7-15-10)16-12(14)17-11/h3-5,7,19H,1,6,8H2,2H3,(H3,14,16,17,18)/t13-/m1/s1. The molecule has 0 unspecified atom stereocenters. The second-order valence-corrected chi connectivity index (χ2v) is 4.64. The van der Waals surface area contributed by atoms with E-state index in [9.17, 15) is 5.11 Å². The highest BCUT2D eigenvalue weighted by molar-refractivity contribution is 5.86. The van der Waals surface area contributed by atoms with Crippen LogP contribution in [0.3, 0.4) is 0 Å². The topological polar surface area (TPSA) is 97.0 Å². The van der Waals surface area contributed by atoms with Crippen LogP contribution in [-0.4, -0.2) is 32.2 Å². The van der Waals surface area contributed by atoms with Crippen LogP contribution in [0.25, 0.3) is 11.0 Å². The number of rotatable bonds is 5. The number of pyridine rings is 1. The molecule has 6 heteroatoms. The highest BCUT2D eigenvalue weighted by Crippen LogP contribution is 2.23. The number of fused-ring (bicyclic) bond motifs is 1. The van der Waals surface area contributed by atoms with Gasteiger partial charge >= 0.3 is 0 Å². The Kier molecular flexibility index (Phi) is 3.62. The van der Waals surface area contributed by atoms with Crippen molar-refractivity contribution in [3.63, 3.8) is 0 Å². The van der Waals surface area contributed by atoms with Gasteiger partial charge in [0.05, 0.1) is 17.7 Å². The molecule has 0 aliphatic rings. The maximum atomic E-state index is 9.51. The molecule has 2 heterocycles. The Morgan fingerprint density at radius 1 is 1.53 bits per heavy atom. The number of nitrogen functional groups attached to an aromatic ring is 1. The molecule has 0 radical (unpaired) electrons. The molecule has 0 fully saturated rings. The average molecular weight is 259 g/mol. The lowest BCUT2D eigenvalue weighted by Gasteiger charge is -2.28. The van der Waals surface area contributed by atoms with E-state index in [1.54, 1.807) is 18.3 Å². The van der Waals surface area contributed by atoms with Gasteiger partial charge in [0.1, 0.15) is 5.52 Å². The van der Waals surface area contributed by atoms with E-state index in [0.717, 1.165) is 0 Å². The summed E-state index contributed by atoms with van der Waals surface area (Å²) in [6.07, 6.45) is 3.99. The lowest BCUT2D eigenvalue weighted by molar-refractivity contribution is 0.223. The number of nitrogens with one attached hydrogen (secondary N) is 1. The van der Waals surface area contributed by atoms with Gasteiger partial charge in [-0.15, -0.1) is 6.58 Å². The normalized spacial score (nSPS) is 14.0. The van der Waals surface area contributed by atoms with Crippen molar-refractivity contribution in [2.75, 3.05) is 17.7 Å². The first-order chi connectivity index (χ1) is 9.08. The van der Waals surface area contributed by atoms with E-state index in [1.807, 2.05) is 13.0 Å². The fourth-order valence-electron chi connectivity index (χ4n) is 1.83. The zero-order valence-corrected chi connectivity index (χ0v) is 10.8. The molecule has 2 aromatic heterocycles. The van der Waals surface area contributed by atoms with Crippen LogP contribution in [0, 0.1) is 0 Å². The molecule has 2 aromatic rings. The van der Waals surface area contributed by atoms with Crippen LogP contribution in [0.4, 0.5) is 11.8 Å². The van der Waals surface area contributed by atoms with Crippen LogP contribution in [0.15, 0.2) is 31.0 Å². The van der Waals surface area contributed by atoms with Gasteiger partial charge in [0.15, 0.2) is 5.82 Å². The molecule has 0 bridgehead atoms. The van der Waals surface area contributed by atoms with Gasteiger partial charge in [-0.05, 0) is 25.5 Å². The lowest BCUT2D eigenvalue weighted by atomic mass is 9.99. The smallest absolute Gasteiger partial charge is 0.222 e. The lowest BCUT2D eigenvalue weighted by Crippen LogP contribution is -2.38. The molecule has 2 rings (SSSR count). The molecule has 4 N–H and O–H groups in total. The SMILES string of the molecule is C=CC[C@](C)(CO)Nc1nc(N)nc2cccnc12. The van der Waals surface area contributed by atoms with Gasteiger partial charge < -0.3 is 16.2 Å². The Morgan fingerprint density at radius 3 is 3.00 bits per heavy atom. The Bertz CT molecular complexity index is 601. The Morgan fingerprint density at radius 2 is 2.32 bits per heavy atom. The molecule has 0 saturated carbocycles. The van der Waals surface area contributed by atoms with Gasteiger partial charge in [-0.1, -0.05) is 6.08 Å². The third-order valence-electron chi connectivity index (χ3n) is 2.84. The molecule has 0 amide bonds. The van der Waals surface area contributed by atoms with Gasteiger partial charge in [0.2, 0.25) is 5.95 Å². The summed E-state index contributed by atoms with van der Waals surface area (Å²) in [5.74, 6) is 0.684. The first-order valence-corrected chi connectivity index (χ1v) is 5.96. The van der Waals surface area contributed by atoms with Crippen molar-refractivity contribution >= 4 is 22.8 Å². The number of hydrogen-bond acceptors (Lipinski definition) is 6. The molecule has 0 saturated heterocycles. The van der Waals surface area contributed by atoms with E-state index in [4.69, 9.17) is 5.73 Å². The highest BCUT2D eigenvalue weighted by Gasteiger charge is 2.23. The number of aromatic nitrogens is 3. The minimum atomic E-state index is -0.563. The summed E-state index contributed by atoms with van der Waals surface area (Å²) in [7, 11) is 0. The largest absolute Gasteiger partial charge is 0.394 e. The minimum absolute atomic E-state index is 0.0583. The van der Waals surface area contributed by atoms with E-state index in [2.05, 4.69) is 26.8 Å².